The molecule has 0 heterocycles. The van der Waals surface area contributed by atoms with E-state index in [1.165, 1.54) is 27.9 Å². The minimum Gasteiger partial charge on any atom is -0.302 e. The Morgan fingerprint density at radius 2 is 1.21 bits per heavy atom. The fourth-order valence-corrected chi connectivity index (χ4v) is 6.54. The van der Waals surface area contributed by atoms with Gasteiger partial charge >= 0.3 is 15.6 Å². The lowest BCUT2D eigenvalue weighted by molar-refractivity contribution is 0.166. The zero-order valence-corrected chi connectivity index (χ0v) is 27.1. The van der Waals surface area contributed by atoms with Crippen molar-refractivity contribution >= 4 is 15.6 Å². The standard InChI is InChI=1S/C30H52O7P2/c1-23(2)13-9-15-25(5)17-11-18-27(7)21-28-29(22-36-39(34,35)37-38(31,32)33)30(28,8)20-12-19-26(6)16-10-14-24(3)4/h13-14,17,19,21,28-29H,9-12,15-16,18,20,22H2,1-8H3,(H,34,35)(H2,31,32,33)/b25-17+,26-19+,27-21+/t28-,29-,30-/m1/s1. The smallest absolute Gasteiger partial charge is 0.302 e. The highest BCUT2D eigenvalue weighted by atomic mass is 31.3. The lowest BCUT2D eigenvalue weighted by atomic mass is 9.95. The fourth-order valence-electron chi connectivity index (χ4n) is 4.93. The predicted octanol–water partition coefficient (Wildman–Crippen LogP) is 9.36. The molecule has 0 bridgehead atoms. The van der Waals surface area contributed by atoms with Gasteiger partial charge in [-0.3, -0.25) is 4.52 Å². The van der Waals surface area contributed by atoms with Crippen molar-refractivity contribution in [1.29, 1.82) is 0 Å². The van der Waals surface area contributed by atoms with Crippen LogP contribution in [0.5, 0.6) is 0 Å². The molecule has 1 aliphatic carbocycles. The molecule has 39 heavy (non-hydrogen) atoms. The number of hydrogen-bond donors (Lipinski definition) is 3. The molecule has 7 nitrogen and oxygen atoms in total. The normalized spacial score (nSPS) is 23.8. The van der Waals surface area contributed by atoms with Gasteiger partial charge in [-0.05, 0) is 117 Å². The number of hydrogen-bond acceptors (Lipinski definition) is 4. The Labute approximate surface area is 237 Å². The van der Waals surface area contributed by atoms with E-state index in [4.69, 9.17) is 14.3 Å². The van der Waals surface area contributed by atoms with Crippen LogP contribution >= 0.6 is 15.6 Å². The highest BCUT2D eigenvalue weighted by Gasteiger charge is 2.59. The van der Waals surface area contributed by atoms with Crippen LogP contribution in [-0.2, 0) is 18.0 Å². The van der Waals surface area contributed by atoms with Crippen LogP contribution in [0.1, 0.15) is 107 Å². The zero-order valence-electron chi connectivity index (χ0n) is 25.3. The van der Waals surface area contributed by atoms with Crippen molar-refractivity contribution in [2.45, 2.75) is 107 Å². The Morgan fingerprint density at radius 1 is 0.744 bits per heavy atom. The molecule has 0 aromatic heterocycles. The molecule has 4 atom stereocenters. The van der Waals surface area contributed by atoms with E-state index in [9.17, 15) is 14.0 Å². The largest absolute Gasteiger partial charge is 0.481 e. The monoisotopic (exact) mass is 586 g/mol. The van der Waals surface area contributed by atoms with Gasteiger partial charge in [0.05, 0.1) is 6.61 Å². The molecule has 3 N–H and O–H groups in total. The van der Waals surface area contributed by atoms with Crippen molar-refractivity contribution in [1.82, 2.24) is 0 Å². The van der Waals surface area contributed by atoms with Gasteiger partial charge in [-0.15, -0.1) is 0 Å². The van der Waals surface area contributed by atoms with Gasteiger partial charge in [-0.1, -0.05) is 65.2 Å². The topological polar surface area (TPSA) is 113 Å². The first-order valence-corrected chi connectivity index (χ1v) is 17.0. The van der Waals surface area contributed by atoms with E-state index < -0.39 is 15.6 Å². The van der Waals surface area contributed by atoms with E-state index in [1.54, 1.807) is 0 Å². The average Bonchev–Trinajstić information content (AvgIpc) is 3.31. The van der Waals surface area contributed by atoms with Crippen LogP contribution < -0.4 is 0 Å². The third kappa shape index (κ3) is 15.5. The van der Waals surface area contributed by atoms with Crippen LogP contribution in [0.15, 0.2) is 58.2 Å². The van der Waals surface area contributed by atoms with Gasteiger partial charge in [0.2, 0.25) is 0 Å². The summed E-state index contributed by atoms with van der Waals surface area (Å²) in [5.41, 5.74) is 6.50. The molecule has 0 aromatic rings. The van der Waals surface area contributed by atoms with Gasteiger partial charge in [0.25, 0.3) is 0 Å². The lowest BCUT2D eigenvalue weighted by Crippen LogP contribution is -2.04. The summed E-state index contributed by atoms with van der Waals surface area (Å²) in [6.45, 7) is 16.9. The summed E-state index contributed by atoms with van der Waals surface area (Å²) in [7, 11) is -10.0. The zero-order chi connectivity index (χ0) is 29.9. The number of phosphoric ester groups is 1. The Hall–Kier alpha value is -1.04. The molecular formula is C30H52O7P2. The van der Waals surface area contributed by atoms with Crippen LogP contribution in [0.2, 0.25) is 0 Å². The molecule has 0 saturated heterocycles. The molecule has 9 heteroatoms. The maximum Gasteiger partial charge on any atom is 0.481 e. The molecule has 1 aliphatic rings. The van der Waals surface area contributed by atoms with Gasteiger partial charge in [0.15, 0.2) is 0 Å². The van der Waals surface area contributed by atoms with E-state index in [0.717, 1.165) is 51.4 Å². The van der Waals surface area contributed by atoms with E-state index in [0.29, 0.717) is 0 Å². The SMILES string of the molecule is CC(C)=CCC/C(C)=C/CC/C(C)=C/[C@@H]1[C@@H](COP(=O)(O)OP(=O)(O)O)[C@]1(C)CC/C=C(\C)CCC=C(C)C. The number of allylic oxidation sites excluding steroid dienone is 10. The molecule has 1 fully saturated rings. The molecular weight excluding hydrogens is 534 g/mol. The van der Waals surface area contributed by atoms with Crippen LogP contribution in [0.4, 0.5) is 0 Å². The van der Waals surface area contributed by atoms with Gasteiger partial charge in [-0.2, -0.15) is 4.31 Å². The van der Waals surface area contributed by atoms with Crippen molar-refractivity contribution in [3.05, 3.63) is 58.2 Å². The van der Waals surface area contributed by atoms with E-state index in [-0.39, 0.29) is 23.9 Å². The van der Waals surface area contributed by atoms with Crippen molar-refractivity contribution < 1.29 is 32.6 Å². The second-order valence-corrected chi connectivity index (χ2v) is 14.6. The highest BCUT2D eigenvalue weighted by Crippen LogP contribution is 2.65. The predicted molar refractivity (Wildman–Crippen MR) is 161 cm³/mol. The first-order chi connectivity index (χ1) is 17.9. The fraction of sp³-hybridized carbons (Fsp3) is 0.667. The molecule has 0 radical (unpaired) electrons. The van der Waals surface area contributed by atoms with Crippen LogP contribution in [-0.4, -0.2) is 21.3 Å². The van der Waals surface area contributed by atoms with Crippen LogP contribution in [0.3, 0.4) is 0 Å². The second-order valence-electron chi connectivity index (χ2n) is 11.8. The molecule has 224 valence electrons. The maximum atomic E-state index is 12.0. The van der Waals surface area contributed by atoms with Crippen LogP contribution in [0, 0.1) is 17.3 Å². The molecule has 0 spiro atoms. The summed E-state index contributed by atoms with van der Waals surface area (Å²) >= 11 is 0. The van der Waals surface area contributed by atoms with Crippen LogP contribution in [0.25, 0.3) is 0 Å². The molecule has 1 rings (SSSR count). The maximum absolute atomic E-state index is 12.0. The van der Waals surface area contributed by atoms with Gasteiger partial charge < -0.3 is 14.7 Å². The van der Waals surface area contributed by atoms with Crippen molar-refractivity contribution in [2.24, 2.45) is 17.3 Å². The van der Waals surface area contributed by atoms with Crippen molar-refractivity contribution in [2.75, 3.05) is 6.61 Å². The van der Waals surface area contributed by atoms with E-state index in [1.807, 2.05) is 0 Å². The van der Waals surface area contributed by atoms with E-state index >= 15 is 0 Å². The summed E-state index contributed by atoms with van der Waals surface area (Å²) in [6.07, 6.45) is 19.1. The summed E-state index contributed by atoms with van der Waals surface area (Å²) in [5.74, 6) is 0.101. The Kier molecular flexibility index (Phi) is 15.1. The molecule has 1 saturated carbocycles. The van der Waals surface area contributed by atoms with Crippen molar-refractivity contribution in [3.8, 4) is 0 Å². The minimum atomic E-state index is -5.15. The third-order valence-corrected chi connectivity index (χ3v) is 9.57. The molecule has 0 amide bonds. The third-order valence-electron chi connectivity index (χ3n) is 7.41. The van der Waals surface area contributed by atoms with Gasteiger partial charge in [-0.25, -0.2) is 9.13 Å². The Morgan fingerprint density at radius 3 is 1.69 bits per heavy atom. The van der Waals surface area contributed by atoms with E-state index in [2.05, 4.69) is 90.1 Å². The Bertz CT molecular complexity index is 1040. The van der Waals surface area contributed by atoms with Gasteiger partial charge in [0, 0.05) is 0 Å². The summed E-state index contributed by atoms with van der Waals surface area (Å²) < 4.78 is 32.1. The average molecular weight is 587 g/mol. The first kappa shape index (κ1) is 36.0. The molecule has 0 aromatic carbocycles. The lowest BCUT2D eigenvalue weighted by Gasteiger charge is -2.14. The second kappa shape index (κ2) is 16.4. The minimum absolute atomic E-state index is 0.0472. The summed E-state index contributed by atoms with van der Waals surface area (Å²) in [5, 5.41) is 0. The molecule has 1 unspecified atom stereocenters. The number of rotatable bonds is 18. The quantitative estimate of drug-likeness (QED) is 0.108. The highest BCUT2D eigenvalue weighted by molar-refractivity contribution is 7.60. The van der Waals surface area contributed by atoms with Gasteiger partial charge in [0.1, 0.15) is 0 Å². The Balaban J connectivity index is 2.85. The number of phosphoric acid groups is 2. The molecule has 0 aliphatic heterocycles. The summed E-state index contributed by atoms with van der Waals surface area (Å²) in [6, 6.07) is 0. The van der Waals surface area contributed by atoms with Crippen molar-refractivity contribution in [3.63, 3.8) is 0 Å². The first-order valence-electron chi connectivity index (χ1n) is 13.9. The summed E-state index contributed by atoms with van der Waals surface area (Å²) in [4.78, 5) is 27.6.